The molecular weight excluding hydrogens is 267 g/mol. The first kappa shape index (κ1) is 14.7. The fourth-order valence-corrected chi connectivity index (χ4v) is 3.52. The Morgan fingerprint density at radius 3 is 2.71 bits per heavy atom. The summed E-state index contributed by atoms with van der Waals surface area (Å²) in [6.45, 7) is 4.86. The molecule has 1 aromatic rings. The molecule has 21 heavy (non-hydrogen) atoms. The SMILES string of the molecule is O=C(Cc1ccccc1F)CN1CCC(N2CCCC2)C1. The molecule has 114 valence electrons. The predicted molar refractivity (Wildman–Crippen MR) is 80.8 cm³/mol. The lowest BCUT2D eigenvalue weighted by atomic mass is 10.1. The molecule has 0 spiro atoms. The first-order valence-corrected chi connectivity index (χ1v) is 7.94. The molecule has 0 saturated carbocycles. The fourth-order valence-electron chi connectivity index (χ4n) is 3.52. The van der Waals surface area contributed by atoms with E-state index >= 15 is 0 Å². The van der Waals surface area contributed by atoms with Crippen molar-refractivity contribution in [1.82, 2.24) is 9.80 Å². The Labute approximate surface area is 125 Å². The van der Waals surface area contributed by atoms with E-state index in [1.165, 1.54) is 32.0 Å². The summed E-state index contributed by atoms with van der Waals surface area (Å²) < 4.78 is 13.6. The third-order valence-electron chi connectivity index (χ3n) is 4.65. The highest BCUT2D eigenvalue weighted by atomic mass is 19.1. The van der Waals surface area contributed by atoms with Crippen LogP contribution in [0.1, 0.15) is 24.8 Å². The number of nitrogens with zero attached hydrogens (tertiary/aromatic N) is 2. The van der Waals surface area contributed by atoms with Crippen LogP contribution in [0.5, 0.6) is 0 Å². The molecule has 1 unspecified atom stereocenters. The number of benzene rings is 1. The molecule has 2 aliphatic rings. The van der Waals surface area contributed by atoms with Crippen LogP contribution in [0.2, 0.25) is 0 Å². The van der Waals surface area contributed by atoms with Gasteiger partial charge in [-0.2, -0.15) is 0 Å². The van der Waals surface area contributed by atoms with Crippen LogP contribution in [0.3, 0.4) is 0 Å². The number of ketones is 1. The summed E-state index contributed by atoms with van der Waals surface area (Å²) in [5.41, 5.74) is 0.512. The molecule has 3 nitrogen and oxygen atoms in total. The van der Waals surface area contributed by atoms with Gasteiger partial charge in [0, 0.05) is 25.6 Å². The molecule has 0 aromatic heterocycles. The van der Waals surface area contributed by atoms with E-state index in [9.17, 15) is 9.18 Å². The molecule has 2 aliphatic heterocycles. The molecular formula is C17H23FN2O. The van der Waals surface area contributed by atoms with E-state index in [4.69, 9.17) is 0 Å². The van der Waals surface area contributed by atoms with Gasteiger partial charge in [-0.3, -0.25) is 14.6 Å². The van der Waals surface area contributed by atoms with Gasteiger partial charge in [0.05, 0.1) is 6.54 Å². The van der Waals surface area contributed by atoms with Crippen molar-refractivity contribution in [1.29, 1.82) is 0 Å². The monoisotopic (exact) mass is 290 g/mol. The summed E-state index contributed by atoms with van der Waals surface area (Å²) in [7, 11) is 0. The topological polar surface area (TPSA) is 23.6 Å². The lowest BCUT2D eigenvalue weighted by Crippen LogP contribution is -2.36. The number of carbonyl (C=O) groups excluding carboxylic acids is 1. The summed E-state index contributed by atoms with van der Waals surface area (Å²) in [6.07, 6.45) is 3.98. The van der Waals surface area contributed by atoms with Crippen LogP contribution in [-0.4, -0.2) is 54.3 Å². The minimum atomic E-state index is -0.276. The maximum absolute atomic E-state index is 13.6. The van der Waals surface area contributed by atoms with Crippen LogP contribution < -0.4 is 0 Å². The highest BCUT2D eigenvalue weighted by Crippen LogP contribution is 2.20. The van der Waals surface area contributed by atoms with E-state index in [0.29, 0.717) is 18.2 Å². The van der Waals surface area contributed by atoms with Gasteiger partial charge in [0.25, 0.3) is 0 Å². The normalized spacial score (nSPS) is 23.8. The summed E-state index contributed by atoms with van der Waals surface area (Å²) >= 11 is 0. The van der Waals surface area contributed by atoms with Crippen molar-refractivity contribution in [2.24, 2.45) is 0 Å². The Kier molecular flexibility index (Phi) is 4.66. The number of carbonyl (C=O) groups is 1. The van der Waals surface area contributed by atoms with E-state index in [-0.39, 0.29) is 18.0 Å². The van der Waals surface area contributed by atoms with Crippen molar-refractivity contribution in [3.63, 3.8) is 0 Å². The Hall–Kier alpha value is -1.26. The zero-order valence-corrected chi connectivity index (χ0v) is 12.4. The Morgan fingerprint density at radius 2 is 1.95 bits per heavy atom. The van der Waals surface area contributed by atoms with Crippen molar-refractivity contribution >= 4 is 5.78 Å². The minimum Gasteiger partial charge on any atom is -0.299 e. The van der Waals surface area contributed by atoms with Gasteiger partial charge in [-0.05, 0) is 44.0 Å². The average Bonchev–Trinajstić information content (AvgIpc) is 3.12. The molecule has 0 N–H and O–H groups in total. The second kappa shape index (κ2) is 6.67. The predicted octanol–water partition coefficient (Wildman–Crippen LogP) is 2.11. The van der Waals surface area contributed by atoms with E-state index in [0.717, 1.165) is 19.5 Å². The number of hydrogen-bond donors (Lipinski definition) is 0. The summed E-state index contributed by atoms with van der Waals surface area (Å²) in [6, 6.07) is 7.18. The van der Waals surface area contributed by atoms with Gasteiger partial charge >= 0.3 is 0 Å². The number of hydrogen-bond acceptors (Lipinski definition) is 3. The highest BCUT2D eigenvalue weighted by Gasteiger charge is 2.29. The van der Waals surface area contributed by atoms with Crippen LogP contribution in [-0.2, 0) is 11.2 Å². The molecule has 1 aromatic carbocycles. The third-order valence-corrected chi connectivity index (χ3v) is 4.65. The van der Waals surface area contributed by atoms with Gasteiger partial charge < -0.3 is 0 Å². The van der Waals surface area contributed by atoms with Crippen LogP contribution in [0.4, 0.5) is 4.39 Å². The molecule has 2 saturated heterocycles. The van der Waals surface area contributed by atoms with E-state index in [1.807, 2.05) is 0 Å². The summed E-state index contributed by atoms with van der Waals surface area (Å²) in [5.74, 6) is -0.163. The Morgan fingerprint density at radius 1 is 1.19 bits per heavy atom. The van der Waals surface area contributed by atoms with Gasteiger partial charge in [0.2, 0.25) is 0 Å². The highest BCUT2D eigenvalue weighted by molar-refractivity contribution is 5.82. The number of likely N-dealkylation sites (tertiary alicyclic amines) is 2. The lowest BCUT2D eigenvalue weighted by molar-refractivity contribution is -0.119. The van der Waals surface area contributed by atoms with Gasteiger partial charge in [0.15, 0.2) is 5.78 Å². The number of rotatable bonds is 5. The Bertz CT molecular complexity index is 499. The van der Waals surface area contributed by atoms with Gasteiger partial charge in [-0.1, -0.05) is 18.2 Å². The smallest absolute Gasteiger partial charge is 0.151 e. The van der Waals surface area contributed by atoms with Crippen molar-refractivity contribution in [3.8, 4) is 0 Å². The third kappa shape index (κ3) is 3.69. The van der Waals surface area contributed by atoms with E-state index in [2.05, 4.69) is 9.80 Å². The summed E-state index contributed by atoms with van der Waals surface area (Å²) in [5, 5.41) is 0. The van der Waals surface area contributed by atoms with Crippen LogP contribution in [0.15, 0.2) is 24.3 Å². The van der Waals surface area contributed by atoms with Gasteiger partial charge in [-0.25, -0.2) is 4.39 Å². The molecule has 1 atom stereocenters. The van der Waals surface area contributed by atoms with Crippen molar-refractivity contribution in [2.75, 3.05) is 32.7 Å². The van der Waals surface area contributed by atoms with Crippen LogP contribution in [0, 0.1) is 5.82 Å². The van der Waals surface area contributed by atoms with Crippen molar-refractivity contribution < 1.29 is 9.18 Å². The zero-order valence-electron chi connectivity index (χ0n) is 12.4. The maximum atomic E-state index is 13.6. The maximum Gasteiger partial charge on any atom is 0.151 e. The first-order chi connectivity index (χ1) is 10.2. The van der Waals surface area contributed by atoms with Crippen LogP contribution in [0.25, 0.3) is 0 Å². The molecule has 0 amide bonds. The molecule has 0 aliphatic carbocycles. The van der Waals surface area contributed by atoms with Crippen molar-refractivity contribution in [2.45, 2.75) is 31.7 Å². The zero-order chi connectivity index (χ0) is 14.7. The van der Waals surface area contributed by atoms with Crippen LogP contribution >= 0.6 is 0 Å². The molecule has 0 radical (unpaired) electrons. The fraction of sp³-hybridized carbons (Fsp3) is 0.588. The largest absolute Gasteiger partial charge is 0.299 e. The molecule has 4 heteroatoms. The standard InChI is InChI=1S/C17H23FN2O/c18-17-6-2-1-5-14(17)11-16(21)13-19-10-7-15(12-19)20-8-3-4-9-20/h1-2,5-6,15H,3-4,7-13H2. The lowest BCUT2D eigenvalue weighted by Gasteiger charge is -2.23. The van der Waals surface area contributed by atoms with Gasteiger partial charge in [-0.15, -0.1) is 0 Å². The van der Waals surface area contributed by atoms with E-state index in [1.54, 1.807) is 18.2 Å². The average molecular weight is 290 g/mol. The molecule has 2 fully saturated rings. The minimum absolute atomic E-state index is 0.113. The molecule has 0 bridgehead atoms. The van der Waals surface area contributed by atoms with Crippen molar-refractivity contribution in [3.05, 3.63) is 35.6 Å². The number of halogens is 1. The number of Topliss-reactive ketones (excluding diaryl/α,β-unsaturated/α-hetero) is 1. The second-order valence-electron chi connectivity index (χ2n) is 6.23. The second-order valence-corrected chi connectivity index (χ2v) is 6.23. The molecule has 3 rings (SSSR count). The Balaban J connectivity index is 1.48. The summed E-state index contributed by atoms with van der Waals surface area (Å²) in [4.78, 5) is 16.9. The molecule has 2 heterocycles. The quantitative estimate of drug-likeness (QED) is 0.830. The van der Waals surface area contributed by atoms with Gasteiger partial charge in [0.1, 0.15) is 5.82 Å². The first-order valence-electron chi connectivity index (χ1n) is 7.94. The van der Waals surface area contributed by atoms with E-state index < -0.39 is 0 Å².